The Morgan fingerprint density at radius 3 is 2.79 bits per heavy atom. The molecule has 14 heavy (non-hydrogen) atoms. The van der Waals surface area contributed by atoms with Gasteiger partial charge in [0.1, 0.15) is 0 Å². The normalized spacial score (nSPS) is 29.4. The van der Waals surface area contributed by atoms with Gasteiger partial charge in [0, 0.05) is 19.7 Å². The smallest absolute Gasteiger partial charge is 0.0932 e. The van der Waals surface area contributed by atoms with Gasteiger partial charge in [0.25, 0.3) is 0 Å². The zero-order valence-corrected chi connectivity index (χ0v) is 9.81. The van der Waals surface area contributed by atoms with Gasteiger partial charge in [-0.3, -0.25) is 0 Å². The van der Waals surface area contributed by atoms with Crippen LogP contribution in [0.3, 0.4) is 0 Å². The molecule has 1 heterocycles. The summed E-state index contributed by atoms with van der Waals surface area (Å²) < 4.78 is 5.94. The molecule has 0 aromatic carbocycles. The summed E-state index contributed by atoms with van der Waals surface area (Å²) in [5.74, 6) is 0. The highest BCUT2D eigenvalue weighted by Crippen LogP contribution is 2.24. The van der Waals surface area contributed by atoms with Gasteiger partial charge >= 0.3 is 0 Å². The lowest BCUT2D eigenvalue weighted by Gasteiger charge is -2.42. The van der Waals surface area contributed by atoms with E-state index in [9.17, 15) is 0 Å². The summed E-state index contributed by atoms with van der Waals surface area (Å²) in [7, 11) is 2.01. The minimum atomic E-state index is 0.0672. The number of rotatable bonds is 5. The van der Waals surface area contributed by atoms with E-state index in [1.807, 2.05) is 7.05 Å². The lowest BCUT2D eigenvalue weighted by Crippen LogP contribution is -2.54. The van der Waals surface area contributed by atoms with Crippen molar-refractivity contribution >= 4 is 0 Å². The van der Waals surface area contributed by atoms with Crippen LogP contribution < -0.4 is 5.32 Å². The van der Waals surface area contributed by atoms with Crippen LogP contribution in [0, 0.1) is 0 Å². The number of nitrogens with one attached hydrogen (secondary N) is 1. The van der Waals surface area contributed by atoms with Crippen molar-refractivity contribution < 1.29 is 4.74 Å². The van der Waals surface area contributed by atoms with Gasteiger partial charge in [-0.25, -0.2) is 0 Å². The molecular weight excluding hydrogens is 176 g/mol. The van der Waals surface area contributed by atoms with Crippen LogP contribution in [0.4, 0.5) is 0 Å². The first-order valence-electron chi connectivity index (χ1n) is 5.77. The second-order valence-corrected chi connectivity index (χ2v) is 4.12. The SMILES string of the molecule is CCOC1(CNC)CCCN(CC)C1. The van der Waals surface area contributed by atoms with Gasteiger partial charge < -0.3 is 15.0 Å². The first-order valence-corrected chi connectivity index (χ1v) is 5.77. The van der Waals surface area contributed by atoms with Gasteiger partial charge in [-0.15, -0.1) is 0 Å². The van der Waals surface area contributed by atoms with E-state index in [2.05, 4.69) is 24.1 Å². The van der Waals surface area contributed by atoms with E-state index in [1.54, 1.807) is 0 Å². The predicted molar refractivity (Wildman–Crippen MR) is 59.6 cm³/mol. The first-order chi connectivity index (χ1) is 6.76. The molecule has 0 saturated carbocycles. The standard InChI is InChI=1S/C11H24N2O/c1-4-13-8-6-7-11(10-13,9-12-3)14-5-2/h12H,4-10H2,1-3H3. The van der Waals surface area contributed by atoms with Gasteiger partial charge in [0.2, 0.25) is 0 Å². The Bertz CT molecular complexity index is 150. The quantitative estimate of drug-likeness (QED) is 0.719. The van der Waals surface area contributed by atoms with E-state index in [1.165, 1.54) is 19.4 Å². The number of hydrogen-bond acceptors (Lipinski definition) is 3. The highest BCUT2D eigenvalue weighted by Gasteiger charge is 2.34. The Balaban J connectivity index is 2.55. The molecule has 1 fully saturated rings. The molecule has 1 N–H and O–H groups in total. The molecule has 1 aliphatic rings. The fourth-order valence-electron chi connectivity index (χ4n) is 2.40. The number of likely N-dealkylation sites (tertiary alicyclic amines) is 1. The molecule has 0 aromatic heterocycles. The highest BCUT2D eigenvalue weighted by atomic mass is 16.5. The molecule has 84 valence electrons. The lowest BCUT2D eigenvalue weighted by molar-refractivity contribution is -0.0819. The molecule has 1 unspecified atom stereocenters. The Morgan fingerprint density at radius 2 is 2.21 bits per heavy atom. The summed E-state index contributed by atoms with van der Waals surface area (Å²) in [6, 6.07) is 0. The zero-order chi connectivity index (χ0) is 10.4. The van der Waals surface area contributed by atoms with Gasteiger partial charge in [-0.2, -0.15) is 0 Å². The Morgan fingerprint density at radius 1 is 1.43 bits per heavy atom. The predicted octanol–water partition coefficient (Wildman–Crippen LogP) is 1.10. The van der Waals surface area contributed by atoms with Crippen molar-refractivity contribution in [2.45, 2.75) is 32.3 Å². The highest BCUT2D eigenvalue weighted by molar-refractivity contribution is 4.90. The van der Waals surface area contributed by atoms with Crippen LogP contribution in [0.15, 0.2) is 0 Å². The van der Waals surface area contributed by atoms with Crippen molar-refractivity contribution in [1.82, 2.24) is 10.2 Å². The van der Waals surface area contributed by atoms with Crippen LogP contribution in [0.1, 0.15) is 26.7 Å². The van der Waals surface area contributed by atoms with Gasteiger partial charge in [0.05, 0.1) is 5.60 Å². The molecule has 1 rings (SSSR count). The minimum absolute atomic E-state index is 0.0672. The molecule has 0 bridgehead atoms. The van der Waals surface area contributed by atoms with Crippen molar-refractivity contribution in [3.05, 3.63) is 0 Å². The number of hydrogen-bond donors (Lipinski definition) is 1. The van der Waals surface area contributed by atoms with Crippen molar-refractivity contribution in [3.63, 3.8) is 0 Å². The van der Waals surface area contributed by atoms with Gasteiger partial charge in [-0.05, 0) is 39.9 Å². The third kappa shape index (κ3) is 2.94. The maximum absolute atomic E-state index is 5.94. The summed E-state index contributed by atoms with van der Waals surface area (Å²) in [6.07, 6.45) is 2.45. The largest absolute Gasteiger partial charge is 0.373 e. The van der Waals surface area contributed by atoms with Gasteiger partial charge in [-0.1, -0.05) is 6.92 Å². The summed E-state index contributed by atoms with van der Waals surface area (Å²) in [4.78, 5) is 2.48. The summed E-state index contributed by atoms with van der Waals surface area (Å²) in [5, 5.41) is 3.26. The molecule has 0 radical (unpaired) electrons. The summed E-state index contributed by atoms with van der Waals surface area (Å²) in [5.41, 5.74) is 0.0672. The van der Waals surface area contributed by atoms with E-state index in [0.29, 0.717) is 0 Å². The first kappa shape index (κ1) is 12.0. The molecule has 1 aliphatic heterocycles. The fourth-order valence-corrected chi connectivity index (χ4v) is 2.40. The van der Waals surface area contributed by atoms with Crippen LogP contribution in [0.5, 0.6) is 0 Å². The van der Waals surface area contributed by atoms with Crippen molar-refractivity contribution in [2.75, 3.05) is 39.8 Å². The average Bonchev–Trinajstić information content (AvgIpc) is 2.19. The molecule has 0 aromatic rings. The van der Waals surface area contributed by atoms with Crippen molar-refractivity contribution in [1.29, 1.82) is 0 Å². The molecule has 0 spiro atoms. The van der Waals surface area contributed by atoms with Crippen molar-refractivity contribution in [2.24, 2.45) is 0 Å². The Hall–Kier alpha value is -0.120. The Kier molecular flexibility index (Phi) is 4.85. The molecule has 3 heteroatoms. The van der Waals surface area contributed by atoms with E-state index in [4.69, 9.17) is 4.74 Å². The van der Waals surface area contributed by atoms with E-state index >= 15 is 0 Å². The number of nitrogens with zero attached hydrogens (tertiary/aromatic N) is 1. The number of likely N-dealkylation sites (N-methyl/N-ethyl adjacent to an activating group) is 2. The number of piperidine rings is 1. The monoisotopic (exact) mass is 200 g/mol. The second kappa shape index (κ2) is 5.69. The third-order valence-electron chi connectivity index (χ3n) is 3.02. The molecular formula is C11H24N2O. The summed E-state index contributed by atoms with van der Waals surface area (Å²) >= 11 is 0. The van der Waals surface area contributed by atoms with E-state index < -0.39 is 0 Å². The van der Waals surface area contributed by atoms with Crippen LogP contribution in [0.25, 0.3) is 0 Å². The summed E-state index contributed by atoms with van der Waals surface area (Å²) in [6.45, 7) is 9.55. The zero-order valence-electron chi connectivity index (χ0n) is 9.81. The minimum Gasteiger partial charge on any atom is -0.373 e. The molecule has 3 nitrogen and oxygen atoms in total. The number of ether oxygens (including phenoxy) is 1. The van der Waals surface area contributed by atoms with Crippen LogP contribution in [-0.4, -0.2) is 50.3 Å². The molecule has 0 amide bonds. The average molecular weight is 200 g/mol. The van der Waals surface area contributed by atoms with E-state index in [-0.39, 0.29) is 5.60 Å². The lowest BCUT2D eigenvalue weighted by atomic mass is 9.92. The van der Waals surface area contributed by atoms with Crippen LogP contribution >= 0.6 is 0 Å². The van der Waals surface area contributed by atoms with Gasteiger partial charge in [0.15, 0.2) is 0 Å². The van der Waals surface area contributed by atoms with Crippen LogP contribution in [0.2, 0.25) is 0 Å². The second-order valence-electron chi connectivity index (χ2n) is 4.12. The maximum Gasteiger partial charge on any atom is 0.0932 e. The molecule has 1 saturated heterocycles. The van der Waals surface area contributed by atoms with Crippen LogP contribution in [-0.2, 0) is 4.74 Å². The molecule has 1 atom stereocenters. The maximum atomic E-state index is 5.94. The Labute approximate surface area is 87.8 Å². The molecule has 0 aliphatic carbocycles. The van der Waals surface area contributed by atoms with Crippen molar-refractivity contribution in [3.8, 4) is 0 Å². The topological polar surface area (TPSA) is 24.5 Å². The fraction of sp³-hybridized carbons (Fsp3) is 1.00. The van der Waals surface area contributed by atoms with E-state index in [0.717, 1.165) is 26.2 Å². The third-order valence-corrected chi connectivity index (χ3v) is 3.02.